The van der Waals surface area contributed by atoms with Crippen molar-refractivity contribution in [3.05, 3.63) is 0 Å². The SMILES string of the molecule is CCCCN(CCCC)OP(=O)(O)CN(CC(=O)OCC)C(=O)C(F)(F)F. The lowest BCUT2D eigenvalue weighted by Gasteiger charge is -2.28. The van der Waals surface area contributed by atoms with Crippen LogP contribution in [0.15, 0.2) is 0 Å². The Morgan fingerprint density at radius 2 is 1.59 bits per heavy atom. The van der Waals surface area contributed by atoms with Crippen LogP contribution in [0, 0.1) is 0 Å². The number of carbonyl (C=O) groups is 2. The number of amides is 1. The molecule has 1 unspecified atom stereocenters. The molecule has 12 heteroatoms. The monoisotopic (exact) mass is 420 g/mol. The highest BCUT2D eigenvalue weighted by Gasteiger charge is 2.45. The summed E-state index contributed by atoms with van der Waals surface area (Å²) in [6, 6.07) is 0. The quantitative estimate of drug-likeness (QED) is 0.278. The second-order valence-electron chi connectivity index (χ2n) is 5.80. The normalized spacial score (nSPS) is 14.1. The van der Waals surface area contributed by atoms with Crippen molar-refractivity contribution in [2.24, 2.45) is 0 Å². The fourth-order valence-electron chi connectivity index (χ4n) is 2.01. The molecule has 0 aromatic heterocycles. The fourth-order valence-corrected chi connectivity index (χ4v) is 3.25. The molecule has 160 valence electrons. The van der Waals surface area contributed by atoms with Crippen LogP contribution in [0.4, 0.5) is 13.2 Å². The number of hydrogen-bond acceptors (Lipinski definition) is 6. The van der Waals surface area contributed by atoms with E-state index in [-0.39, 0.29) is 11.5 Å². The smallest absolute Gasteiger partial charge is 0.465 e. The van der Waals surface area contributed by atoms with Crippen molar-refractivity contribution in [3.8, 4) is 0 Å². The highest BCUT2D eigenvalue weighted by Crippen LogP contribution is 2.44. The summed E-state index contributed by atoms with van der Waals surface area (Å²) in [5.41, 5.74) is 0. The molecule has 0 aromatic carbocycles. The summed E-state index contributed by atoms with van der Waals surface area (Å²) >= 11 is 0. The van der Waals surface area contributed by atoms with Crippen LogP contribution in [0.2, 0.25) is 0 Å². The van der Waals surface area contributed by atoms with Crippen LogP contribution in [0.5, 0.6) is 0 Å². The molecule has 0 bridgehead atoms. The number of nitrogens with zero attached hydrogens (tertiary/aromatic N) is 2. The van der Waals surface area contributed by atoms with Gasteiger partial charge in [0.15, 0.2) is 0 Å². The Bertz CT molecular complexity index is 510. The third kappa shape index (κ3) is 11.3. The number of ether oxygens (including phenoxy) is 1. The summed E-state index contributed by atoms with van der Waals surface area (Å²) in [5.74, 6) is -3.54. The van der Waals surface area contributed by atoms with E-state index in [1.807, 2.05) is 13.8 Å². The average molecular weight is 420 g/mol. The van der Waals surface area contributed by atoms with Crippen LogP contribution in [0.1, 0.15) is 46.5 Å². The molecule has 0 spiro atoms. The van der Waals surface area contributed by atoms with Gasteiger partial charge in [-0.3, -0.25) is 14.2 Å². The molecule has 0 aromatic rings. The first-order valence-electron chi connectivity index (χ1n) is 8.75. The van der Waals surface area contributed by atoms with E-state index in [0.717, 1.165) is 12.8 Å². The maximum absolute atomic E-state index is 12.7. The van der Waals surface area contributed by atoms with E-state index < -0.39 is 38.5 Å². The third-order valence-corrected chi connectivity index (χ3v) is 4.45. The van der Waals surface area contributed by atoms with Gasteiger partial charge >= 0.3 is 25.6 Å². The van der Waals surface area contributed by atoms with Crippen molar-refractivity contribution < 1.29 is 41.6 Å². The van der Waals surface area contributed by atoms with E-state index in [0.29, 0.717) is 25.9 Å². The highest BCUT2D eigenvalue weighted by molar-refractivity contribution is 7.52. The van der Waals surface area contributed by atoms with E-state index in [1.54, 1.807) is 0 Å². The highest BCUT2D eigenvalue weighted by atomic mass is 31.2. The minimum Gasteiger partial charge on any atom is -0.465 e. The number of hydrogen-bond donors (Lipinski definition) is 1. The van der Waals surface area contributed by atoms with E-state index in [9.17, 15) is 32.2 Å². The zero-order chi connectivity index (χ0) is 21.1. The standard InChI is InChI=1S/C15H28F3N2O6P/c1-4-7-9-20(10-8-5-2)26-27(23,24)12-19(11-13(21)25-6-3)14(22)15(16,17)18/h4-12H2,1-3H3,(H,23,24). The molecule has 0 saturated carbocycles. The van der Waals surface area contributed by atoms with Crippen LogP contribution >= 0.6 is 7.60 Å². The number of esters is 1. The van der Waals surface area contributed by atoms with Gasteiger partial charge in [-0.1, -0.05) is 26.7 Å². The average Bonchev–Trinajstić information content (AvgIpc) is 2.55. The van der Waals surface area contributed by atoms with Gasteiger partial charge in [-0.15, -0.1) is 0 Å². The van der Waals surface area contributed by atoms with Crippen molar-refractivity contribution in [3.63, 3.8) is 0 Å². The first-order valence-corrected chi connectivity index (χ1v) is 10.5. The summed E-state index contributed by atoms with van der Waals surface area (Å²) in [4.78, 5) is 32.9. The van der Waals surface area contributed by atoms with Crippen LogP contribution in [-0.4, -0.2) is 65.4 Å². The number of hydroxylamine groups is 2. The molecule has 0 aliphatic carbocycles. The second-order valence-corrected chi connectivity index (χ2v) is 7.52. The molecule has 8 nitrogen and oxygen atoms in total. The lowest BCUT2D eigenvalue weighted by atomic mass is 10.3. The molecule has 1 N–H and O–H groups in total. The second kappa shape index (κ2) is 12.3. The Kier molecular flexibility index (Phi) is 11.8. The molecule has 1 amide bonds. The zero-order valence-electron chi connectivity index (χ0n) is 15.8. The van der Waals surface area contributed by atoms with Gasteiger partial charge in [0, 0.05) is 13.1 Å². The Hall–Kier alpha value is -1.16. The van der Waals surface area contributed by atoms with Gasteiger partial charge < -0.3 is 14.5 Å². The Morgan fingerprint density at radius 3 is 2.00 bits per heavy atom. The van der Waals surface area contributed by atoms with Gasteiger partial charge in [-0.25, -0.2) is 4.62 Å². The largest absolute Gasteiger partial charge is 0.471 e. The number of rotatable bonds is 13. The maximum atomic E-state index is 12.7. The van der Waals surface area contributed by atoms with E-state index >= 15 is 0 Å². The maximum Gasteiger partial charge on any atom is 0.471 e. The first kappa shape index (κ1) is 25.8. The lowest BCUT2D eigenvalue weighted by molar-refractivity contribution is -0.186. The van der Waals surface area contributed by atoms with Crippen LogP contribution in [0.3, 0.4) is 0 Å². The van der Waals surface area contributed by atoms with E-state index in [1.165, 1.54) is 12.0 Å². The molecule has 0 saturated heterocycles. The third-order valence-electron chi connectivity index (χ3n) is 3.27. The van der Waals surface area contributed by atoms with Gasteiger partial charge in [0.05, 0.1) is 6.61 Å². The van der Waals surface area contributed by atoms with Crippen LogP contribution in [-0.2, 0) is 23.5 Å². The van der Waals surface area contributed by atoms with Crippen LogP contribution in [0.25, 0.3) is 0 Å². The Morgan fingerprint density at radius 1 is 1.07 bits per heavy atom. The molecule has 0 aliphatic heterocycles. The summed E-state index contributed by atoms with van der Waals surface area (Å²) in [7, 11) is -4.66. The zero-order valence-corrected chi connectivity index (χ0v) is 16.7. The number of unbranched alkanes of at least 4 members (excludes halogenated alkanes) is 2. The summed E-state index contributed by atoms with van der Waals surface area (Å²) in [6.07, 6.45) is -3.72. The minimum atomic E-state index is -5.31. The summed E-state index contributed by atoms with van der Waals surface area (Å²) in [6.45, 7) is 4.65. The topological polar surface area (TPSA) is 96.4 Å². The van der Waals surface area contributed by atoms with Crippen molar-refractivity contribution in [1.29, 1.82) is 0 Å². The van der Waals surface area contributed by atoms with E-state index in [4.69, 9.17) is 4.62 Å². The molecule has 27 heavy (non-hydrogen) atoms. The molecule has 0 rings (SSSR count). The van der Waals surface area contributed by atoms with Crippen molar-refractivity contribution in [2.45, 2.75) is 52.6 Å². The van der Waals surface area contributed by atoms with Crippen molar-refractivity contribution >= 4 is 19.5 Å². The molecule has 1 atom stereocenters. The van der Waals surface area contributed by atoms with Crippen molar-refractivity contribution in [1.82, 2.24) is 9.96 Å². The fraction of sp³-hybridized carbons (Fsp3) is 0.867. The molecular weight excluding hydrogens is 392 g/mol. The number of carbonyl (C=O) groups excluding carboxylic acids is 2. The molecule has 0 heterocycles. The Balaban J connectivity index is 5.23. The van der Waals surface area contributed by atoms with Gasteiger partial charge in [0.25, 0.3) is 0 Å². The minimum absolute atomic E-state index is 0.0728. The van der Waals surface area contributed by atoms with Crippen LogP contribution < -0.4 is 0 Å². The molecular formula is C15H28F3N2O6P. The van der Waals surface area contributed by atoms with Gasteiger partial charge in [-0.2, -0.15) is 18.2 Å². The summed E-state index contributed by atoms with van der Waals surface area (Å²) < 4.78 is 60.1. The number of halogens is 3. The molecule has 0 fully saturated rings. The molecule has 0 radical (unpaired) electrons. The Labute approximate surface area is 157 Å². The van der Waals surface area contributed by atoms with Crippen molar-refractivity contribution in [2.75, 3.05) is 32.5 Å². The molecule has 0 aliphatic rings. The predicted octanol–water partition coefficient (Wildman–Crippen LogP) is 2.92. The lowest BCUT2D eigenvalue weighted by Crippen LogP contribution is -2.45. The van der Waals surface area contributed by atoms with Gasteiger partial charge in [0.1, 0.15) is 12.8 Å². The van der Waals surface area contributed by atoms with E-state index in [2.05, 4.69) is 4.74 Å². The first-order chi connectivity index (χ1) is 12.5. The van der Waals surface area contributed by atoms with Gasteiger partial charge in [0.2, 0.25) is 0 Å². The summed E-state index contributed by atoms with van der Waals surface area (Å²) in [5, 5.41) is 1.22. The van der Waals surface area contributed by atoms with Gasteiger partial charge in [-0.05, 0) is 19.8 Å². The number of alkyl halides is 3. The predicted molar refractivity (Wildman–Crippen MR) is 91.6 cm³/mol.